The molecular weight excluding hydrogens is 204 g/mol. The van der Waals surface area contributed by atoms with E-state index in [0.29, 0.717) is 5.92 Å². The van der Waals surface area contributed by atoms with Gasteiger partial charge in [0.15, 0.2) is 0 Å². The Balaban J connectivity index is 1.71. The van der Waals surface area contributed by atoms with Crippen molar-refractivity contribution in [2.75, 3.05) is 33.4 Å². The Hall–Kier alpha value is -0.940. The predicted molar refractivity (Wildman–Crippen MR) is 61.2 cm³/mol. The summed E-state index contributed by atoms with van der Waals surface area (Å²) in [5.41, 5.74) is 0. The third-order valence-corrected chi connectivity index (χ3v) is 3.13. The summed E-state index contributed by atoms with van der Waals surface area (Å²) >= 11 is 0. The van der Waals surface area contributed by atoms with Crippen LogP contribution in [0.5, 0.6) is 0 Å². The molecule has 0 aliphatic carbocycles. The van der Waals surface area contributed by atoms with E-state index in [0.717, 1.165) is 38.7 Å². The van der Waals surface area contributed by atoms with Gasteiger partial charge in [0.25, 0.3) is 0 Å². The smallest absolute Gasteiger partial charge is 0.129 e. The predicted octanol–water partition coefficient (Wildman–Crippen LogP) is 0.555. The minimum Gasteiger partial charge on any atom is -0.381 e. The highest BCUT2D eigenvalue weighted by molar-refractivity contribution is 4.80. The first-order valence-electron chi connectivity index (χ1n) is 5.86. The fourth-order valence-corrected chi connectivity index (χ4v) is 2.07. The molecule has 1 aromatic rings. The Morgan fingerprint density at radius 2 is 2.50 bits per heavy atom. The number of hydrogen-bond donors (Lipinski definition) is 0. The fraction of sp³-hybridized carbons (Fsp3) is 0.818. The highest BCUT2D eigenvalue weighted by atomic mass is 16.5. The van der Waals surface area contributed by atoms with E-state index in [1.165, 1.54) is 6.42 Å². The Morgan fingerprint density at radius 3 is 3.12 bits per heavy atom. The van der Waals surface area contributed by atoms with Gasteiger partial charge in [-0.05, 0) is 26.3 Å². The minimum atomic E-state index is 0.715. The summed E-state index contributed by atoms with van der Waals surface area (Å²) in [6.07, 6.45) is 3.00. The molecule has 0 amide bonds. The van der Waals surface area contributed by atoms with Crippen LogP contribution in [-0.2, 0) is 11.3 Å². The molecule has 1 aromatic heterocycles. The second-order valence-electron chi connectivity index (χ2n) is 4.56. The first kappa shape index (κ1) is 11.5. The maximum atomic E-state index is 5.38. The maximum absolute atomic E-state index is 5.38. The van der Waals surface area contributed by atoms with Crippen LogP contribution < -0.4 is 0 Å². The van der Waals surface area contributed by atoms with Gasteiger partial charge in [-0.15, -0.1) is 10.2 Å². The monoisotopic (exact) mass is 224 g/mol. The number of aromatic nitrogens is 3. The quantitative estimate of drug-likeness (QED) is 0.733. The summed E-state index contributed by atoms with van der Waals surface area (Å²) in [6, 6.07) is 0. The summed E-state index contributed by atoms with van der Waals surface area (Å²) in [4.78, 5) is 2.36. The van der Waals surface area contributed by atoms with E-state index >= 15 is 0 Å². The van der Waals surface area contributed by atoms with Crippen LogP contribution in [-0.4, -0.2) is 53.0 Å². The molecular formula is C11H20N4O. The van der Waals surface area contributed by atoms with Crippen molar-refractivity contribution < 1.29 is 4.74 Å². The van der Waals surface area contributed by atoms with Gasteiger partial charge in [0.2, 0.25) is 0 Å². The van der Waals surface area contributed by atoms with E-state index < -0.39 is 0 Å². The summed E-state index contributed by atoms with van der Waals surface area (Å²) in [5, 5.41) is 7.85. The molecule has 0 aromatic carbocycles. The van der Waals surface area contributed by atoms with Crippen LogP contribution >= 0.6 is 0 Å². The van der Waals surface area contributed by atoms with Gasteiger partial charge in [-0.3, -0.25) is 0 Å². The van der Waals surface area contributed by atoms with Gasteiger partial charge in [-0.25, -0.2) is 0 Å². The van der Waals surface area contributed by atoms with Gasteiger partial charge in [0.1, 0.15) is 12.2 Å². The molecule has 1 aliphatic rings. The standard InChI is InChI=1S/C11H20N4O/c1-10-13-12-9-15(10)5-4-14(2)7-11-3-6-16-8-11/h9,11H,3-8H2,1-2H3. The molecule has 0 spiro atoms. The average molecular weight is 224 g/mol. The molecule has 0 radical (unpaired) electrons. The molecule has 1 aliphatic heterocycles. The third kappa shape index (κ3) is 3.02. The molecule has 0 saturated carbocycles. The molecule has 16 heavy (non-hydrogen) atoms. The SMILES string of the molecule is Cc1nncn1CCN(C)CC1CCOC1. The summed E-state index contributed by atoms with van der Waals surface area (Å²) in [6.45, 7) is 6.97. The molecule has 90 valence electrons. The zero-order chi connectivity index (χ0) is 11.4. The molecule has 2 heterocycles. The lowest BCUT2D eigenvalue weighted by atomic mass is 10.1. The van der Waals surface area contributed by atoms with Crippen molar-refractivity contribution in [3.05, 3.63) is 12.2 Å². The number of nitrogens with zero attached hydrogens (tertiary/aromatic N) is 4. The van der Waals surface area contributed by atoms with Gasteiger partial charge >= 0.3 is 0 Å². The summed E-state index contributed by atoms with van der Waals surface area (Å²) in [5.74, 6) is 1.70. The number of likely N-dealkylation sites (N-methyl/N-ethyl adjacent to an activating group) is 1. The van der Waals surface area contributed by atoms with E-state index in [2.05, 4.69) is 26.7 Å². The van der Waals surface area contributed by atoms with Gasteiger partial charge in [0.05, 0.1) is 6.61 Å². The molecule has 0 N–H and O–H groups in total. The Kier molecular flexibility index (Phi) is 3.90. The van der Waals surface area contributed by atoms with Gasteiger partial charge in [-0.2, -0.15) is 0 Å². The first-order chi connectivity index (χ1) is 7.75. The van der Waals surface area contributed by atoms with Crippen molar-refractivity contribution in [2.45, 2.75) is 19.9 Å². The fourth-order valence-electron chi connectivity index (χ4n) is 2.07. The summed E-state index contributed by atoms with van der Waals surface area (Å²) in [7, 11) is 2.16. The highest BCUT2D eigenvalue weighted by Gasteiger charge is 2.17. The zero-order valence-electron chi connectivity index (χ0n) is 10.1. The maximum Gasteiger partial charge on any atom is 0.129 e. The highest BCUT2D eigenvalue weighted by Crippen LogP contribution is 2.13. The van der Waals surface area contributed by atoms with Gasteiger partial charge in [0, 0.05) is 26.2 Å². The average Bonchev–Trinajstić information content (AvgIpc) is 2.87. The van der Waals surface area contributed by atoms with Crippen molar-refractivity contribution in [3.8, 4) is 0 Å². The molecule has 0 bridgehead atoms. The normalized spacial score (nSPS) is 20.8. The molecule has 1 unspecified atom stereocenters. The Bertz CT molecular complexity index is 320. The van der Waals surface area contributed by atoms with Crippen molar-refractivity contribution in [1.82, 2.24) is 19.7 Å². The molecule has 5 heteroatoms. The number of rotatable bonds is 5. The Morgan fingerprint density at radius 1 is 1.62 bits per heavy atom. The van der Waals surface area contributed by atoms with Crippen LogP contribution in [0.25, 0.3) is 0 Å². The van der Waals surface area contributed by atoms with E-state index in [1.807, 2.05) is 6.92 Å². The van der Waals surface area contributed by atoms with Gasteiger partial charge in [-0.1, -0.05) is 0 Å². The summed E-state index contributed by atoms with van der Waals surface area (Å²) < 4.78 is 7.46. The Labute approximate surface area is 96.4 Å². The van der Waals surface area contributed by atoms with Crippen LogP contribution in [0.1, 0.15) is 12.2 Å². The lowest BCUT2D eigenvalue weighted by Gasteiger charge is -2.20. The largest absolute Gasteiger partial charge is 0.381 e. The van der Waals surface area contributed by atoms with Crippen LogP contribution in [0, 0.1) is 12.8 Å². The molecule has 1 saturated heterocycles. The minimum absolute atomic E-state index is 0.715. The molecule has 1 fully saturated rings. The van der Waals surface area contributed by atoms with Crippen LogP contribution in [0.15, 0.2) is 6.33 Å². The van der Waals surface area contributed by atoms with Crippen molar-refractivity contribution >= 4 is 0 Å². The van der Waals surface area contributed by atoms with E-state index in [1.54, 1.807) is 6.33 Å². The van der Waals surface area contributed by atoms with Crippen LogP contribution in [0.3, 0.4) is 0 Å². The second-order valence-corrected chi connectivity index (χ2v) is 4.56. The van der Waals surface area contributed by atoms with E-state index in [4.69, 9.17) is 4.74 Å². The number of aryl methyl sites for hydroxylation is 1. The number of hydrogen-bond acceptors (Lipinski definition) is 4. The van der Waals surface area contributed by atoms with Gasteiger partial charge < -0.3 is 14.2 Å². The van der Waals surface area contributed by atoms with Crippen molar-refractivity contribution in [2.24, 2.45) is 5.92 Å². The van der Waals surface area contributed by atoms with Crippen molar-refractivity contribution in [1.29, 1.82) is 0 Å². The first-order valence-corrected chi connectivity index (χ1v) is 5.86. The lowest BCUT2D eigenvalue weighted by Crippen LogP contribution is -2.29. The molecule has 5 nitrogen and oxygen atoms in total. The zero-order valence-corrected chi connectivity index (χ0v) is 10.1. The topological polar surface area (TPSA) is 43.2 Å². The van der Waals surface area contributed by atoms with Crippen LogP contribution in [0.2, 0.25) is 0 Å². The van der Waals surface area contributed by atoms with Crippen molar-refractivity contribution in [3.63, 3.8) is 0 Å². The lowest BCUT2D eigenvalue weighted by molar-refractivity contribution is 0.173. The molecule has 2 rings (SSSR count). The second kappa shape index (κ2) is 5.41. The van der Waals surface area contributed by atoms with Crippen LogP contribution in [0.4, 0.5) is 0 Å². The van der Waals surface area contributed by atoms with E-state index in [9.17, 15) is 0 Å². The molecule has 1 atom stereocenters. The number of ether oxygens (including phenoxy) is 1. The van der Waals surface area contributed by atoms with E-state index in [-0.39, 0.29) is 0 Å². The third-order valence-electron chi connectivity index (χ3n) is 3.13.